The first-order chi connectivity index (χ1) is 9.51. The zero-order valence-electron chi connectivity index (χ0n) is 11.0. The Balaban J connectivity index is 2.85. The molecule has 0 aliphatic heterocycles. The summed E-state index contributed by atoms with van der Waals surface area (Å²) in [6, 6.07) is 0.446. The molecule has 0 bridgehead atoms. The minimum atomic E-state index is -0.883. The first-order valence-corrected chi connectivity index (χ1v) is 5.86. The van der Waals surface area contributed by atoms with Crippen molar-refractivity contribution in [2.24, 2.45) is 0 Å². The molecule has 1 aromatic heterocycles. The summed E-state index contributed by atoms with van der Waals surface area (Å²) in [5, 5.41) is 14.3. The average molecular weight is 281 g/mol. The van der Waals surface area contributed by atoms with Crippen molar-refractivity contribution in [2.75, 3.05) is 11.9 Å². The minimum Gasteiger partial charge on any atom is -0.504 e. The van der Waals surface area contributed by atoms with Gasteiger partial charge in [-0.15, -0.1) is 0 Å². The van der Waals surface area contributed by atoms with E-state index in [0.29, 0.717) is 6.41 Å². The van der Waals surface area contributed by atoms with Gasteiger partial charge in [-0.25, -0.2) is 9.78 Å². The van der Waals surface area contributed by atoms with Gasteiger partial charge in [-0.3, -0.25) is 9.59 Å². The van der Waals surface area contributed by atoms with E-state index in [1.54, 1.807) is 6.92 Å². The number of aromatic nitrogens is 1. The van der Waals surface area contributed by atoms with Crippen molar-refractivity contribution in [3.8, 4) is 5.75 Å². The molecule has 0 saturated carbocycles. The van der Waals surface area contributed by atoms with E-state index < -0.39 is 23.7 Å². The van der Waals surface area contributed by atoms with Gasteiger partial charge in [-0.1, -0.05) is 0 Å². The first kappa shape index (κ1) is 15.4. The van der Waals surface area contributed by atoms with E-state index in [1.807, 2.05) is 0 Å². The lowest BCUT2D eigenvalue weighted by molar-refractivity contribution is -0.144. The second kappa shape index (κ2) is 7.07. The van der Waals surface area contributed by atoms with E-state index in [2.05, 4.69) is 15.6 Å². The highest BCUT2D eigenvalue weighted by molar-refractivity contribution is 5.99. The zero-order valence-corrected chi connectivity index (χ0v) is 11.0. The predicted octanol–water partition coefficient (Wildman–Crippen LogP) is 0.0369. The molecule has 2 amide bonds. The highest BCUT2D eigenvalue weighted by atomic mass is 16.5. The van der Waals surface area contributed by atoms with Crippen LogP contribution in [-0.2, 0) is 14.3 Å². The zero-order chi connectivity index (χ0) is 15.1. The molecule has 0 saturated heterocycles. The third-order valence-electron chi connectivity index (χ3n) is 2.34. The van der Waals surface area contributed by atoms with Crippen LogP contribution in [-0.4, -0.2) is 41.0 Å². The number of amides is 2. The number of nitrogens with one attached hydrogen (secondary N) is 2. The number of ether oxygens (including phenoxy) is 1. The predicted molar refractivity (Wildman–Crippen MR) is 69.1 cm³/mol. The van der Waals surface area contributed by atoms with Gasteiger partial charge in [0.05, 0.1) is 12.3 Å². The monoisotopic (exact) mass is 281 g/mol. The molecule has 3 N–H and O–H groups in total. The van der Waals surface area contributed by atoms with Gasteiger partial charge in [0.1, 0.15) is 6.04 Å². The van der Waals surface area contributed by atoms with Crippen LogP contribution in [0, 0.1) is 0 Å². The summed E-state index contributed by atoms with van der Waals surface area (Å²) in [6.45, 7) is 3.29. The Morgan fingerprint density at radius 2 is 2.25 bits per heavy atom. The summed E-state index contributed by atoms with van der Waals surface area (Å²) >= 11 is 0. The largest absolute Gasteiger partial charge is 0.504 e. The second-order valence-corrected chi connectivity index (χ2v) is 3.77. The summed E-state index contributed by atoms with van der Waals surface area (Å²) in [6.07, 6.45) is 1.60. The number of anilines is 1. The molecular weight excluding hydrogens is 266 g/mol. The van der Waals surface area contributed by atoms with E-state index >= 15 is 0 Å². The Hall–Kier alpha value is -2.64. The number of carbonyl (C=O) groups is 3. The average Bonchev–Trinajstić information content (AvgIpc) is 2.41. The van der Waals surface area contributed by atoms with Gasteiger partial charge in [0.2, 0.25) is 6.41 Å². The summed E-state index contributed by atoms with van der Waals surface area (Å²) in [5.41, 5.74) is -0.253. The highest BCUT2D eigenvalue weighted by Gasteiger charge is 2.21. The Bertz CT molecular complexity index is 518. The summed E-state index contributed by atoms with van der Waals surface area (Å²) < 4.78 is 4.74. The van der Waals surface area contributed by atoms with Gasteiger partial charge in [0.25, 0.3) is 5.91 Å². The number of rotatable bonds is 6. The van der Waals surface area contributed by atoms with Crippen molar-refractivity contribution in [2.45, 2.75) is 19.9 Å². The van der Waals surface area contributed by atoms with E-state index in [-0.39, 0.29) is 18.0 Å². The third-order valence-corrected chi connectivity index (χ3v) is 2.34. The molecular formula is C12H15N3O5. The highest BCUT2D eigenvalue weighted by Crippen LogP contribution is 2.24. The third kappa shape index (κ3) is 3.67. The number of carbonyl (C=O) groups excluding carboxylic acids is 3. The second-order valence-electron chi connectivity index (χ2n) is 3.77. The maximum absolute atomic E-state index is 11.9. The number of nitrogens with zero attached hydrogens (tertiary/aromatic N) is 1. The Kier molecular flexibility index (Phi) is 5.45. The van der Waals surface area contributed by atoms with Crippen molar-refractivity contribution < 1.29 is 24.2 Å². The number of hydrogen-bond donors (Lipinski definition) is 3. The van der Waals surface area contributed by atoms with Gasteiger partial charge in [-0.2, -0.15) is 0 Å². The maximum atomic E-state index is 11.9. The number of pyridine rings is 1. The molecule has 0 aliphatic carbocycles. The quantitative estimate of drug-likeness (QED) is 0.500. The van der Waals surface area contributed by atoms with E-state index in [4.69, 9.17) is 4.74 Å². The number of esters is 1. The molecule has 1 aromatic rings. The van der Waals surface area contributed by atoms with Crippen LogP contribution in [0.25, 0.3) is 0 Å². The smallest absolute Gasteiger partial charge is 0.328 e. The van der Waals surface area contributed by atoms with Gasteiger partial charge in [0.15, 0.2) is 11.4 Å². The van der Waals surface area contributed by atoms with E-state index in [0.717, 1.165) is 0 Å². The molecule has 1 rings (SSSR count). The molecule has 108 valence electrons. The molecule has 0 aliphatic rings. The Morgan fingerprint density at radius 1 is 1.55 bits per heavy atom. The molecule has 8 nitrogen and oxygen atoms in total. The molecule has 0 radical (unpaired) electrons. The van der Waals surface area contributed by atoms with Crippen LogP contribution in [0.5, 0.6) is 5.75 Å². The minimum absolute atomic E-state index is 0.0453. The lowest BCUT2D eigenvalue weighted by Gasteiger charge is -2.13. The van der Waals surface area contributed by atoms with Crippen LogP contribution < -0.4 is 10.6 Å². The summed E-state index contributed by atoms with van der Waals surface area (Å²) in [5.74, 6) is -1.83. The fourth-order valence-electron chi connectivity index (χ4n) is 1.39. The molecule has 1 heterocycles. The van der Waals surface area contributed by atoms with Gasteiger partial charge >= 0.3 is 5.97 Å². The van der Waals surface area contributed by atoms with Crippen LogP contribution >= 0.6 is 0 Å². The molecule has 8 heteroatoms. The lowest BCUT2D eigenvalue weighted by Crippen LogP contribution is -2.39. The van der Waals surface area contributed by atoms with Crippen LogP contribution in [0.1, 0.15) is 24.3 Å². The Labute approximate surface area is 115 Å². The van der Waals surface area contributed by atoms with Crippen molar-refractivity contribution in [1.82, 2.24) is 10.3 Å². The molecule has 1 unspecified atom stereocenters. The normalized spacial score (nSPS) is 11.3. The summed E-state index contributed by atoms with van der Waals surface area (Å²) in [4.78, 5) is 37.3. The molecule has 1 atom stereocenters. The SMILES string of the molecule is CCOC(=O)C(C)NC(=O)c1nccc(NC=O)c1O. The molecule has 20 heavy (non-hydrogen) atoms. The van der Waals surface area contributed by atoms with Gasteiger partial charge in [-0.05, 0) is 19.9 Å². The first-order valence-electron chi connectivity index (χ1n) is 5.86. The van der Waals surface area contributed by atoms with Crippen molar-refractivity contribution in [3.63, 3.8) is 0 Å². The topological polar surface area (TPSA) is 118 Å². The lowest BCUT2D eigenvalue weighted by atomic mass is 10.2. The fraction of sp³-hybridized carbons (Fsp3) is 0.333. The van der Waals surface area contributed by atoms with Crippen LogP contribution in [0.3, 0.4) is 0 Å². The Morgan fingerprint density at radius 3 is 2.85 bits per heavy atom. The van der Waals surface area contributed by atoms with Crippen LogP contribution in [0.15, 0.2) is 12.3 Å². The standard InChI is InChI=1S/C12H15N3O5/c1-3-20-12(19)7(2)15-11(18)9-10(17)8(14-6-16)4-5-13-9/h4-7,17H,3H2,1-2H3,(H,15,18)(H,13,14,16). The maximum Gasteiger partial charge on any atom is 0.328 e. The van der Waals surface area contributed by atoms with Crippen molar-refractivity contribution in [3.05, 3.63) is 18.0 Å². The van der Waals surface area contributed by atoms with E-state index in [9.17, 15) is 19.5 Å². The summed E-state index contributed by atoms with van der Waals surface area (Å²) in [7, 11) is 0. The molecule has 0 spiro atoms. The number of aromatic hydroxyl groups is 1. The van der Waals surface area contributed by atoms with E-state index in [1.165, 1.54) is 19.2 Å². The van der Waals surface area contributed by atoms with Crippen molar-refractivity contribution in [1.29, 1.82) is 0 Å². The molecule has 0 fully saturated rings. The van der Waals surface area contributed by atoms with Gasteiger partial charge in [0, 0.05) is 6.20 Å². The van der Waals surface area contributed by atoms with Gasteiger partial charge < -0.3 is 20.5 Å². The fourth-order valence-corrected chi connectivity index (χ4v) is 1.39. The van der Waals surface area contributed by atoms with Crippen LogP contribution in [0.4, 0.5) is 5.69 Å². The number of hydrogen-bond acceptors (Lipinski definition) is 6. The van der Waals surface area contributed by atoms with Crippen molar-refractivity contribution >= 4 is 24.0 Å². The van der Waals surface area contributed by atoms with Crippen LogP contribution in [0.2, 0.25) is 0 Å². The molecule has 0 aromatic carbocycles.